The second-order valence-corrected chi connectivity index (χ2v) is 18.9. The van der Waals surface area contributed by atoms with Crippen molar-refractivity contribution in [2.45, 2.75) is 89.5 Å². The largest absolute Gasteiger partial charge is 0.484 e. The van der Waals surface area contributed by atoms with Crippen LogP contribution in [0.1, 0.15) is 62.8 Å². The molecule has 6 aromatic rings. The van der Waals surface area contributed by atoms with E-state index < -0.39 is 6.10 Å². The van der Waals surface area contributed by atoms with Gasteiger partial charge in [0, 0.05) is 45.2 Å². The zero-order valence-electron chi connectivity index (χ0n) is 41.9. The first-order valence-electron chi connectivity index (χ1n) is 24.9. The molecule has 23 heteroatoms. The number of amides is 2. The highest BCUT2D eigenvalue weighted by Gasteiger charge is 2.34. The molecule has 2 unspecified atom stereocenters. The SMILES string of the molecule is COCOC(CCC[C@H]1CC(=O)N(c2ccc3c(n2)CC(=O)CO3)C1)Cn1c(=O)cnc2ccc(OC)nc21.COc1ccc2ncc(=O)n(CC(O)CCC[C@H]3CC(=O)N(c4ccc5c(n4)CC(=O)CO5)C3)c2n1. The van der Waals surface area contributed by atoms with E-state index in [1.165, 1.54) is 31.2 Å². The lowest BCUT2D eigenvalue weighted by molar-refractivity contribution is -0.122. The third-order valence-electron chi connectivity index (χ3n) is 13.5. The highest BCUT2D eigenvalue weighted by molar-refractivity contribution is 5.96. The fraction of sp³-hybridized carbons (Fsp3) is 0.462. The first-order valence-corrected chi connectivity index (χ1v) is 24.9. The molecule has 2 fully saturated rings. The van der Waals surface area contributed by atoms with Crippen LogP contribution in [0.15, 0.2) is 70.5 Å². The summed E-state index contributed by atoms with van der Waals surface area (Å²) >= 11 is 0. The molecule has 0 aliphatic carbocycles. The number of hydrogen-bond acceptors (Lipinski definition) is 19. The smallest absolute Gasteiger partial charge is 0.270 e. The van der Waals surface area contributed by atoms with Gasteiger partial charge in [-0.05, 0) is 73.9 Å². The first-order chi connectivity index (χ1) is 36.4. The van der Waals surface area contributed by atoms with Crippen molar-refractivity contribution in [2.24, 2.45) is 11.8 Å². The summed E-state index contributed by atoms with van der Waals surface area (Å²) in [6.45, 7) is 1.66. The van der Waals surface area contributed by atoms with E-state index in [9.17, 15) is 33.9 Å². The molecule has 10 heterocycles. The van der Waals surface area contributed by atoms with Crippen molar-refractivity contribution in [2.75, 3.05) is 64.2 Å². The van der Waals surface area contributed by atoms with E-state index >= 15 is 0 Å². The Kier molecular flexibility index (Phi) is 16.4. The van der Waals surface area contributed by atoms with E-state index in [2.05, 4.69) is 29.9 Å². The fourth-order valence-electron chi connectivity index (χ4n) is 9.75. The molecule has 4 aliphatic heterocycles. The Hall–Kier alpha value is -7.76. The molecule has 0 radical (unpaired) electrons. The zero-order chi connectivity index (χ0) is 52.6. The average Bonchev–Trinajstić information content (AvgIpc) is 3.99. The Morgan fingerprint density at radius 1 is 0.627 bits per heavy atom. The summed E-state index contributed by atoms with van der Waals surface area (Å²) in [5.74, 6) is 3.25. The van der Waals surface area contributed by atoms with E-state index in [0.29, 0.717) is 114 Å². The molecule has 10 rings (SSSR count). The van der Waals surface area contributed by atoms with Crippen LogP contribution in [0.25, 0.3) is 22.3 Å². The molecule has 0 aromatic carbocycles. The molecule has 2 saturated heterocycles. The van der Waals surface area contributed by atoms with Gasteiger partial charge in [0.1, 0.15) is 54.2 Å². The highest BCUT2D eigenvalue weighted by Crippen LogP contribution is 2.33. The number of aliphatic hydroxyl groups is 1. The fourth-order valence-corrected chi connectivity index (χ4v) is 9.75. The van der Waals surface area contributed by atoms with E-state index in [-0.39, 0.29) is 98.4 Å². The summed E-state index contributed by atoms with van der Waals surface area (Å²) in [6.07, 6.45) is 6.87. The summed E-state index contributed by atoms with van der Waals surface area (Å²) < 4.78 is 35.2. The third kappa shape index (κ3) is 12.4. The number of aliphatic hydroxyl groups excluding tert-OH is 1. The molecule has 75 heavy (non-hydrogen) atoms. The molecule has 0 bridgehead atoms. The van der Waals surface area contributed by atoms with Crippen LogP contribution in [-0.4, -0.2) is 134 Å². The van der Waals surface area contributed by atoms with Crippen LogP contribution in [0.5, 0.6) is 23.3 Å². The summed E-state index contributed by atoms with van der Waals surface area (Å²) in [4.78, 5) is 103. The minimum absolute atomic E-state index is 0.00844. The van der Waals surface area contributed by atoms with E-state index in [4.69, 9.17) is 28.4 Å². The predicted molar refractivity (Wildman–Crippen MR) is 269 cm³/mol. The molecule has 2 amide bonds. The van der Waals surface area contributed by atoms with Gasteiger partial charge in [-0.2, -0.15) is 9.97 Å². The number of Topliss-reactive ketones (excluding diaryl/α,β-unsaturated/α-hetero) is 2. The van der Waals surface area contributed by atoms with Gasteiger partial charge < -0.3 is 33.5 Å². The van der Waals surface area contributed by atoms with Crippen molar-refractivity contribution in [3.05, 3.63) is 93.0 Å². The number of rotatable bonds is 19. The van der Waals surface area contributed by atoms with Gasteiger partial charge >= 0.3 is 0 Å². The van der Waals surface area contributed by atoms with Gasteiger partial charge in [0.25, 0.3) is 11.1 Å². The van der Waals surface area contributed by atoms with Crippen LogP contribution >= 0.6 is 0 Å². The first kappa shape index (κ1) is 52.1. The Balaban J connectivity index is 0.000000184. The highest BCUT2D eigenvalue weighted by atomic mass is 16.7. The summed E-state index contributed by atoms with van der Waals surface area (Å²) in [5.41, 5.74) is 2.42. The third-order valence-corrected chi connectivity index (χ3v) is 13.5. The van der Waals surface area contributed by atoms with Gasteiger partial charge in [0.15, 0.2) is 22.9 Å². The van der Waals surface area contributed by atoms with Crippen molar-refractivity contribution in [3.63, 3.8) is 0 Å². The number of hydrogen-bond donors (Lipinski definition) is 1. The van der Waals surface area contributed by atoms with Crippen LogP contribution in [0, 0.1) is 11.8 Å². The average molecular weight is 1030 g/mol. The van der Waals surface area contributed by atoms with E-state index in [0.717, 1.165) is 19.3 Å². The standard InChI is InChI=1S/C27H31N5O7.C25H27N5O6/c1-36-16-39-19(14-32-26(35)12-28-20-6-9-24(37-2)30-27(20)32)5-3-4-17-10-25(34)31(13-17)23-8-7-22-21(29-23)11-18(33)15-38-22;1-35-22-8-5-18-25(28-22)30(24(34)11-26-18)13-16(31)4-2-3-15-9-23(33)29(12-15)21-7-6-20-19(27-21)10-17(32)14-36-20/h6-9,12,17,19H,3-5,10-11,13-16H2,1-2H3;5-8,11,15-16,31H,2-4,9-10,12-14H2,1H3/t17-,19?;15-,16?/m00/s1. The number of nitrogens with zero attached hydrogens (tertiary/aromatic N) is 10. The normalized spacial score (nSPS) is 18.0. The van der Waals surface area contributed by atoms with Crippen LogP contribution in [0.3, 0.4) is 0 Å². The maximum absolute atomic E-state index is 12.8. The Labute approximate surface area is 429 Å². The molecular formula is C52H58N10O13. The molecule has 0 spiro atoms. The second-order valence-electron chi connectivity index (χ2n) is 18.9. The lowest BCUT2D eigenvalue weighted by Gasteiger charge is -2.21. The second kappa shape index (κ2) is 23.6. The van der Waals surface area contributed by atoms with Crippen LogP contribution in [0.2, 0.25) is 0 Å². The molecule has 0 saturated carbocycles. The number of anilines is 2. The number of fused-ring (bicyclic) bond motifs is 4. The number of ether oxygens (including phenoxy) is 6. The molecule has 4 aliphatic rings. The van der Waals surface area contributed by atoms with Crippen molar-refractivity contribution in [1.82, 2.24) is 39.0 Å². The van der Waals surface area contributed by atoms with Gasteiger partial charge in [0.05, 0.1) is 76.1 Å². The number of pyridine rings is 4. The minimum Gasteiger partial charge on any atom is -0.484 e. The van der Waals surface area contributed by atoms with Gasteiger partial charge in [0.2, 0.25) is 23.6 Å². The Bertz CT molecular complexity index is 3220. The maximum atomic E-state index is 12.8. The lowest BCUT2D eigenvalue weighted by Crippen LogP contribution is -2.30. The molecule has 1 N–H and O–H groups in total. The van der Waals surface area contributed by atoms with Gasteiger partial charge in [-0.1, -0.05) is 12.8 Å². The van der Waals surface area contributed by atoms with Crippen LogP contribution in [-0.2, 0) is 54.6 Å². The molecule has 394 valence electrons. The Morgan fingerprint density at radius 2 is 1.12 bits per heavy atom. The van der Waals surface area contributed by atoms with Crippen LogP contribution in [0.4, 0.5) is 11.6 Å². The number of aromatic nitrogens is 8. The number of ketones is 2. The van der Waals surface area contributed by atoms with Crippen molar-refractivity contribution >= 4 is 57.3 Å². The maximum Gasteiger partial charge on any atom is 0.270 e. The Morgan fingerprint density at radius 3 is 1.61 bits per heavy atom. The summed E-state index contributed by atoms with van der Waals surface area (Å²) in [6, 6.07) is 13.9. The quantitative estimate of drug-likeness (QED) is 0.114. The zero-order valence-corrected chi connectivity index (χ0v) is 41.9. The lowest BCUT2D eigenvalue weighted by atomic mass is 9.99. The van der Waals surface area contributed by atoms with Gasteiger partial charge in [-0.3, -0.25) is 47.7 Å². The predicted octanol–water partition coefficient (Wildman–Crippen LogP) is 3.20. The van der Waals surface area contributed by atoms with Gasteiger partial charge in [-0.15, -0.1) is 0 Å². The molecular weight excluding hydrogens is 973 g/mol. The molecule has 4 atom stereocenters. The summed E-state index contributed by atoms with van der Waals surface area (Å²) in [5, 5.41) is 10.6. The van der Waals surface area contributed by atoms with E-state index in [1.807, 2.05) is 0 Å². The van der Waals surface area contributed by atoms with Gasteiger partial charge in [-0.25, -0.2) is 19.9 Å². The van der Waals surface area contributed by atoms with Crippen molar-refractivity contribution in [1.29, 1.82) is 0 Å². The van der Waals surface area contributed by atoms with E-state index in [1.54, 1.807) is 70.0 Å². The van der Waals surface area contributed by atoms with Crippen molar-refractivity contribution < 1.29 is 52.7 Å². The molecule has 23 nitrogen and oxygen atoms in total. The number of carbonyl (C=O) groups is 4. The monoisotopic (exact) mass is 1030 g/mol. The topological polar surface area (TPSA) is 272 Å². The van der Waals surface area contributed by atoms with Crippen LogP contribution < -0.4 is 39.9 Å². The number of methoxy groups -OCH3 is 3. The number of carbonyl (C=O) groups excluding carboxylic acids is 4. The summed E-state index contributed by atoms with van der Waals surface area (Å²) in [7, 11) is 4.56. The van der Waals surface area contributed by atoms with Crippen molar-refractivity contribution in [3.8, 4) is 23.3 Å². The minimum atomic E-state index is -0.755. The molecule has 6 aromatic heterocycles.